The smallest absolute Gasteiger partial charge is 0.235 e. The highest BCUT2D eigenvalue weighted by molar-refractivity contribution is 6.74. The molecule has 0 fully saturated rings. The van der Waals surface area contributed by atoms with Crippen LogP contribution in [0.1, 0.15) is 20.3 Å². The molecule has 0 aromatic rings. The molecule has 0 aliphatic rings. The molecule has 0 aliphatic heterocycles. The van der Waals surface area contributed by atoms with Gasteiger partial charge >= 0.3 is 0 Å². The maximum Gasteiger partial charge on any atom is 0.235 e. The minimum atomic E-state index is -1.78. The lowest BCUT2D eigenvalue weighted by atomic mass is 10.5. The van der Waals surface area contributed by atoms with E-state index in [1.54, 1.807) is 13.2 Å². The fraction of sp³-hybridized carbons (Fsp3) is 0.875. The molecule has 3 nitrogen and oxygen atoms in total. The molecule has 0 amide bonds. The Hall–Kier alpha value is -0.443. The summed E-state index contributed by atoms with van der Waals surface area (Å²) in [4.78, 5) is 13.9. The molecule has 0 radical (unpaired) electrons. The van der Waals surface area contributed by atoms with Crippen LogP contribution in [0.5, 0.6) is 0 Å². The predicted molar refractivity (Wildman–Crippen MR) is 51.3 cm³/mol. The van der Waals surface area contributed by atoms with E-state index in [2.05, 4.69) is 18.5 Å². The van der Waals surface area contributed by atoms with Gasteiger partial charge in [-0.1, -0.05) is 13.8 Å². The fourth-order valence-corrected chi connectivity index (χ4v) is 3.46. The van der Waals surface area contributed by atoms with E-state index < -0.39 is 8.32 Å². The third-order valence-corrected chi connectivity index (χ3v) is 6.75. The standard InChI is InChI=1S/C8H17NO2Si/c1-5-8(9-7-10)12(4,6-2)11-3/h8H,5-6H2,1-4H3. The van der Waals surface area contributed by atoms with Crippen LogP contribution in [0.15, 0.2) is 4.99 Å². The van der Waals surface area contributed by atoms with Gasteiger partial charge in [0.25, 0.3) is 0 Å². The van der Waals surface area contributed by atoms with E-state index in [-0.39, 0.29) is 5.67 Å². The molecular weight excluding hydrogens is 170 g/mol. The lowest BCUT2D eigenvalue weighted by Crippen LogP contribution is -2.44. The second-order valence-corrected chi connectivity index (χ2v) is 7.42. The van der Waals surface area contributed by atoms with Crippen LogP contribution in [0.3, 0.4) is 0 Å². The van der Waals surface area contributed by atoms with Gasteiger partial charge in [-0.25, -0.2) is 9.79 Å². The molecule has 0 saturated heterocycles. The van der Waals surface area contributed by atoms with E-state index in [0.717, 1.165) is 12.5 Å². The van der Waals surface area contributed by atoms with Crippen molar-refractivity contribution < 1.29 is 9.22 Å². The molecule has 0 rings (SSSR count). The quantitative estimate of drug-likeness (QED) is 0.374. The van der Waals surface area contributed by atoms with Crippen molar-refractivity contribution in [2.45, 2.75) is 38.5 Å². The van der Waals surface area contributed by atoms with Crippen molar-refractivity contribution >= 4 is 14.4 Å². The van der Waals surface area contributed by atoms with Gasteiger partial charge in [-0.2, -0.15) is 0 Å². The van der Waals surface area contributed by atoms with Crippen molar-refractivity contribution in [2.24, 2.45) is 4.99 Å². The molecule has 0 heterocycles. The summed E-state index contributed by atoms with van der Waals surface area (Å²) in [5.74, 6) is 0. The summed E-state index contributed by atoms with van der Waals surface area (Å²) < 4.78 is 5.46. The lowest BCUT2D eigenvalue weighted by molar-refractivity contribution is 0.383. The predicted octanol–water partition coefficient (Wildman–Crippen LogP) is 1.88. The Kier molecular flexibility index (Phi) is 5.05. The maximum atomic E-state index is 10.1. The van der Waals surface area contributed by atoms with Gasteiger partial charge in [0.05, 0.1) is 5.67 Å². The molecule has 0 N–H and O–H groups in total. The van der Waals surface area contributed by atoms with Crippen LogP contribution in [-0.2, 0) is 9.22 Å². The average molecular weight is 187 g/mol. The summed E-state index contributed by atoms with van der Waals surface area (Å²) in [6, 6.07) is 0.979. The van der Waals surface area contributed by atoms with Gasteiger partial charge in [0, 0.05) is 7.11 Å². The van der Waals surface area contributed by atoms with E-state index >= 15 is 0 Å². The number of aliphatic imine (C=N–C) groups is 1. The van der Waals surface area contributed by atoms with E-state index in [9.17, 15) is 4.79 Å². The zero-order chi connectivity index (χ0) is 9.61. The molecule has 0 aromatic carbocycles. The summed E-state index contributed by atoms with van der Waals surface area (Å²) in [6.45, 7) is 6.20. The molecule has 2 atom stereocenters. The Morgan fingerprint density at radius 2 is 2.17 bits per heavy atom. The zero-order valence-corrected chi connectivity index (χ0v) is 9.26. The third-order valence-electron chi connectivity index (χ3n) is 2.47. The molecule has 4 heteroatoms. The second kappa shape index (κ2) is 5.25. The summed E-state index contributed by atoms with van der Waals surface area (Å²) in [5.41, 5.74) is 0.0602. The molecule has 70 valence electrons. The number of hydrogen-bond donors (Lipinski definition) is 0. The van der Waals surface area contributed by atoms with E-state index in [4.69, 9.17) is 4.43 Å². The molecule has 0 aliphatic carbocycles. The Morgan fingerprint density at radius 1 is 1.58 bits per heavy atom. The SMILES string of the molecule is CCC(N=C=O)[Si](C)(CC)OC. The second-order valence-electron chi connectivity index (χ2n) is 3.01. The molecule has 0 spiro atoms. The number of nitrogens with zero attached hydrogens (tertiary/aromatic N) is 1. The Labute approximate surface area is 75.0 Å². The lowest BCUT2D eigenvalue weighted by Gasteiger charge is -2.28. The highest BCUT2D eigenvalue weighted by Gasteiger charge is 2.34. The largest absolute Gasteiger partial charge is 0.418 e. The van der Waals surface area contributed by atoms with Crippen molar-refractivity contribution in [3.63, 3.8) is 0 Å². The first-order valence-electron chi connectivity index (χ1n) is 4.26. The Morgan fingerprint density at radius 3 is 2.42 bits per heavy atom. The van der Waals surface area contributed by atoms with Crippen molar-refractivity contribution in [3.05, 3.63) is 0 Å². The number of carbonyl (C=O) groups excluding carboxylic acids is 1. The Bertz CT molecular complexity index is 174. The highest BCUT2D eigenvalue weighted by atomic mass is 28.4. The normalized spacial score (nSPS) is 17.7. The summed E-state index contributed by atoms with van der Waals surface area (Å²) in [6.07, 6.45) is 2.48. The van der Waals surface area contributed by atoms with E-state index in [0.29, 0.717) is 0 Å². The number of isocyanates is 1. The molecule has 0 aromatic heterocycles. The summed E-state index contributed by atoms with van der Waals surface area (Å²) >= 11 is 0. The van der Waals surface area contributed by atoms with E-state index in [1.807, 2.05) is 6.92 Å². The van der Waals surface area contributed by atoms with E-state index in [1.165, 1.54) is 0 Å². The Balaban J connectivity index is 4.53. The summed E-state index contributed by atoms with van der Waals surface area (Å²) in [7, 11) is -0.0699. The molecule has 12 heavy (non-hydrogen) atoms. The molecule has 0 saturated carbocycles. The molecular formula is C8H17NO2Si. The highest BCUT2D eigenvalue weighted by Crippen LogP contribution is 2.19. The number of rotatable bonds is 5. The van der Waals surface area contributed by atoms with Gasteiger partial charge in [0.1, 0.15) is 0 Å². The first-order chi connectivity index (χ1) is 5.64. The zero-order valence-electron chi connectivity index (χ0n) is 8.26. The fourth-order valence-electron chi connectivity index (χ4n) is 1.24. The van der Waals surface area contributed by atoms with Gasteiger partial charge < -0.3 is 4.43 Å². The molecule has 0 bridgehead atoms. The maximum absolute atomic E-state index is 10.1. The van der Waals surface area contributed by atoms with Crippen LogP contribution < -0.4 is 0 Å². The van der Waals surface area contributed by atoms with Crippen LogP contribution in [-0.4, -0.2) is 27.2 Å². The van der Waals surface area contributed by atoms with Gasteiger partial charge in [-0.15, -0.1) is 0 Å². The van der Waals surface area contributed by atoms with Crippen molar-refractivity contribution in [3.8, 4) is 0 Å². The summed E-state index contributed by atoms with van der Waals surface area (Å²) in [5, 5.41) is 0. The third kappa shape index (κ3) is 2.55. The number of hydrogen-bond acceptors (Lipinski definition) is 3. The van der Waals surface area contributed by atoms with Crippen molar-refractivity contribution in [1.82, 2.24) is 0 Å². The topological polar surface area (TPSA) is 38.7 Å². The van der Waals surface area contributed by atoms with Crippen molar-refractivity contribution in [1.29, 1.82) is 0 Å². The van der Waals surface area contributed by atoms with Crippen LogP contribution >= 0.6 is 0 Å². The monoisotopic (exact) mass is 187 g/mol. The first kappa shape index (κ1) is 11.6. The van der Waals surface area contributed by atoms with Crippen LogP contribution in [0.25, 0.3) is 0 Å². The minimum Gasteiger partial charge on any atom is -0.418 e. The van der Waals surface area contributed by atoms with Gasteiger partial charge in [0.2, 0.25) is 14.4 Å². The van der Waals surface area contributed by atoms with Crippen LogP contribution in [0.2, 0.25) is 12.6 Å². The molecule has 2 unspecified atom stereocenters. The average Bonchev–Trinajstić information content (AvgIpc) is 2.13. The van der Waals surface area contributed by atoms with Gasteiger partial charge in [-0.05, 0) is 19.0 Å². The minimum absolute atomic E-state index is 0.0602. The van der Waals surface area contributed by atoms with Crippen LogP contribution in [0.4, 0.5) is 0 Å². The van der Waals surface area contributed by atoms with Gasteiger partial charge in [0.15, 0.2) is 0 Å². The van der Waals surface area contributed by atoms with Gasteiger partial charge in [-0.3, -0.25) is 0 Å². The van der Waals surface area contributed by atoms with Crippen LogP contribution in [0, 0.1) is 0 Å². The first-order valence-corrected chi connectivity index (χ1v) is 6.96. The van der Waals surface area contributed by atoms with Crippen molar-refractivity contribution in [2.75, 3.05) is 7.11 Å².